The number of carbonyl (C=O) groups excluding carboxylic acids is 2. The van der Waals surface area contributed by atoms with Crippen molar-refractivity contribution in [2.24, 2.45) is 0 Å². The third kappa shape index (κ3) is 4.33. The Morgan fingerprint density at radius 3 is 2.69 bits per heavy atom. The smallest absolute Gasteiger partial charge is 0.290 e. The van der Waals surface area contributed by atoms with Crippen molar-refractivity contribution in [3.05, 3.63) is 41.2 Å². The van der Waals surface area contributed by atoms with E-state index in [4.69, 9.17) is 25.8 Å². The molecular weight excluding hydrogens is 402 g/mol. The summed E-state index contributed by atoms with van der Waals surface area (Å²) in [6.45, 7) is 2.35. The monoisotopic (exact) mass is 419 g/mol. The fourth-order valence-electron chi connectivity index (χ4n) is 2.84. The molecule has 2 N–H and O–H groups in total. The van der Waals surface area contributed by atoms with E-state index in [-0.39, 0.29) is 17.3 Å². The predicted octanol–water partition coefficient (Wildman–Crippen LogP) is 0.568. The van der Waals surface area contributed by atoms with Crippen LogP contribution >= 0.6 is 11.6 Å². The van der Waals surface area contributed by atoms with Gasteiger partial charge in [-0.15, -0.1) is 0 Å². The highest BCUT2D eigenvalue weighted by Gasteiger charge is 2.28. The Hall–Kier alpha value is -3.11. The second kappa shape index (κ2) is 8.50. The first-order chi connectivity index (χ1) is 14.1. The summed E-state index contributed by atoms with van der Waals surface area (Å²) in [6, 6.07) is 7.02. The number of nitrogens with one attached hydrogen (secondary N) is 2. The van der Waals surface area contributed by atoms with Crippen LogP contribution in [0.4, 0.5) is 5.95 Å². The molecule has 1 aromatic carbocycles. The Labute approximate surface area is 171 Å². The number of amides is 2. The largest absolute Gasteiger partial charge is 0.485 e. The molecule has 11 heteroatoms. The molecule has 1 aromatic heterocycles. The fourth-order valence-corrected chi connectivity index (χ4v) is 3.02. The van der Waals surface area contributed by atoms with E-state index < -0.39 is 17.9 Å². The number of halogens is 1. The van der Waals surface area contributed by atoms with E-state index in [0.717, 1.165) is 0 Å². The number of hydrogen-bond acceptors (Lipinski definition) is 8. The van der Waals surface area contributed by atoms with Gasteiger partial charge in [0.1, 0.15) is 6.61 Å². The number of benzene rings is 1. The molecule has 2 aromatic rings. The van der Waals surface area contributed by atoms with Crippen molar-refractivity contribution in [1.82, 2.24) is 20.8 Å². The number of rotatable bonds is 3. The Kier molecular flexibility index (Phi) is 5.63. The molecule has 1 fully saturated rings. The van der Waals surface area contributed by atoms with E-state index in [9.17, 15) is 9.59 Å². The fraction of sp³-hybridized carbons (Fsp3) is 0.333. The number of hydrazine groups is 1. The summed E-state index contributed by atoms with van der Waals surface area (Å²) in [6.07, 6.45) is 0.445. The van der Waals surface area contributed by atoms with Crippen LogP contribution in [0.1, 0.15) is 10.5 Å². The van der Waals surface area contributed by atoms with Crippen molar-refractivity contribution >= 4 is 29.4 Å². The van der Waals surface area contributed by atoms with E-state index in [2.05, 4.69) is 20.8 Å². The van der Waals surface area contributed by atoms with Gasteiger partial charge in [0, 0.05) is 13.1 Å². The van der Waals surface area contributed by atoms with Gasteiger partial charge >= 0.3 is 0 Å². The van der Waals surface area contributed by atoms with Crippen LogP contribution in [-0.4, -0.2) is 60.8 Å². The third-order valence-electron chi connectivity index (χ3n) is 4.34. The summed E-state index contributed by atoms with van der Waals surface area (Å²) in [5.74, 6) is 0.154. The second-order valence-electron chi connectivity index (χ2n) is 6.27. The zero-order valence-electron chi connectivity index (χ0n) is 15.3. The lowest BCUT2D eigenvalue weighted by Gasteiger charge is -2.27. The highest BCUT2D eigenvalue weighted by molar-refractivity contribution is 6.33. The van der Waals surface area contributed by atoms with Gasteiger partial charge in [0.15, 0.2) is 17.2 Å². The number of aromatic nitrogens is 2. The minimum Gasteiger partial charge on any atom is -0.485 e. The van der Waals surface area contributed by atoms with Crippen LogP contribution in [0, 0.1) is 0 Å². The van der Waals surface area contributed by atoms with Gasteiger partial charge in [-0.25, -0.2) is 9.97 Å². The van der Waals surface area contributed by atoms with Gasteiger partial charge < -0.3 is 19.1 Å². The molecule has 10 nitrogen and oxygen atoms in total. The minimum absolute atomic E-state index is 0.0220. The summed E-state index contributed by atoms with van der Waals surface area (Å²) in [5.41, 5.74) is 4.56. The minimum atomic E-state index is -0.907. The summed E-state index contributed by atoms with van der Waals surface area (Å²) in [7, 11) is 0. The van der Waals surface area contributed by atoms with Gasteiger partial charge in [0.25, 0.3) is 11.8 Å². The van der Waals surface area contributed by atoms with Crippen molar-refractivity contribution in [3.8, 4) is 11.5 Å². The molecule has 0 saturated carbocycles. The number of morpholine rings is 1. The Balaban J connectivity index is 1.37. The summed E-state index contributed by atoms with van der Waals surface area (Å²) >= 11 is 6.06. The maximum atomic E-state index is 12.5. The normalized spacial score (nSPS) is 18.1. The Morgan fingerprint density at radius 2 is 1.90 bits per heavy atom. The van der Waals surface area contributed by atoms with Gasteiger partial charge in [-0.1, -0.05) is 23.7 Å². The second-order valence-corrected chi connectivity index (χ2v) is 6.68. The number of hydrogen-bond donors (Lipinski definition) is 2. The molecular formula is C18H18ClN5O5. The average molecular weight is 420 g/mol. The maximum Gasteiger partial charge on any atom is 0.290 e. The SMILES string of the molecule is O=C(NNC(=O)C1COc2ccccc2O1)c1nc(N2CCOCC2)ncc1Cl. The van der Waals surface area contributed by atoms with Crippen LogP contribution in [0.15, 0.2) is 30.5 Å². The van der Waals surface area contributed by atoms with Crippen LogP contribution < -0.4 is 25.2 Å². The van der Waals surface area contributed by atoms with Crippen molar-refractivity contribution in [3.63, 3.8) is 0 Å². The van der Waals surface area contributed by atoms with Gasteiger partial charge in [0.05, 0.1) is 24.4 Å². The number of ether oxygens (including phenoxy) is 3. The summed E-state index contributed by atoms with van der Waals surface area (Å²) < 4.78 is 16.4. The first-order valence-corrected chi connectivity index (χ1v) is 9.33. The summed E-state index contributed by atoms with van der Waals surface area (Å²) in [4.78, 5) is 35.1. The van der Waals surface area contributed by atoms with E-state index in [1.807, 2.05) is 4.90 Å². The molecule has 2 aliphatic rings. The van der Waals surface area contributed by atoms with Crippen molar-refractivity contribution in [1.29, 1.82) is 0 Å². The highest BCUT2D eigenvalue weighted by Crippen LogP contribution is 2.30. The van der Waals surface area contributed by atoms with E-state index in [0.29, 0.717) is 43.8 Å². The quantitative estimate of drug-likeness (QED) is 0.694. The molecule has 0 radical (unpaired) electrons. The van der Waals surface area contributed by atoms with Gasteiger partial charge in [-0.3, -0.25) is 20.4 Å². The molecule has 152 valence electrons. The molecule has 2 amide bonds. The van der Waals surface area contributed by atoms with Crippen LogP contribution in [-0.2, 0) is 9.53 Å². The summed E-state index contributed by atoms with van der Waals surface area (Å²) in [5, 5.41) is 0.0694. The molecule has 29 heavy (non-hydrogen) atoms. The van der Waals surface area contributed by atoms with Crippen LogP contribution in [0.25, 0.3) is 0 Å². The third-order valence-corrected chi connectivity index (χ3v) is 4.62. The topological polar surface area (TPSA) is 115 Å². The molecule has 3 heterocycles. The van der Waals surface area contributed by atoms with E-state index in [1.165, 1.54) is 6.20 Å². The Bertz CT molecular complexity index is 921. The lowest BCUT2D eigenvalue weighted by Crippen LogP contribution is -2.51. The number of anilines is 1. The van der Waals surface area contributed by atoms with Crippen molar-refractivity contribution in [2.45, 2.75) is 6.10 Å². The number of carbonyl (C=O) groups is 2. The average Bonchev–Trinajstić information content (AvgIpc) is 2.77. The first-order valence-electron chi connectivity index (χ1n) is 8.96. The van der Waals surface area contributed by atoms with Crippen LogP contribution in [0.3, 0.4) is 0 Å². The van der Waals surface area contributed by atoms with Crippen LogP contribution in [0.5, 0.6) is 11.5 Å². The molecule has 2 aliphatic heterocycles. The van der Waals surface area contributed by atoms with Crippen LogP contribution in [0.2, 0.25) is 5.02 Å². The predicted molar refractivity (Wildman–Crippen MR) is 102 cm³/mol. The van der Waals surface area contributed by atoms with Crippen molar-refractivity contribution in [2.75, 3.05) is 37.8 Å². The lowest BCUT2D eigenvalue weighted by atomic mass is 10.2. The molecule has 0 bridgehead atoms. The molecule has 0 spiro atoms. The molecule has 1 saturated heterocycles. The molecule has 1 unspecified atom stereocenters. The van der Waals surface area contributed by atoms with Gasteiger partial charge in [0.2, 0.25) is 12.1 Å². The van der Waals surface area contributed by atoms with Gasteiger partial charge in [-0.05, 0) is 12.1 Å². The van der Waals surface area contributed by atoms with E-state index >= 15 is 0 Å². The molecule has 0 aliphatic carbocycles. The zero-order valence-corrected chi connectivity index (χ0v) is 16.0. The molecule has 1 atom stereocenters. The zero-order chi connectivity index (χ0) is 20.2. The Morgan fingerprint density at radius 1 is 1.14 bits per heavy atom. The highest BCUT2D eigenvalue weighted by atomic mass is 35.5. The number of fused-ring (bicyclic) bond motifs is 1. The first kappa shape index (κ1) is 19.2. The molecule has 4 rings (SSSR count). The lowest BCUT2D eigenvalue weighted by molar-refractivity contribution is -0.131. The maximum absolute atomic E-state index is 12.5. The number of nitrogens with zero attached hydrogens (tertiary/aromatic N) is 3. The van der Waals surface area contributed by atoms with Crippen molar-refractivity contribution < 1.29 is 23.8 Å². The number of para-hydroxylation sites is 2. The van der Waals surface area contributed by atoms with E-state index in [1.54, 1.807) is 24.3 Å². The van der Waals surface area contributed by atoms with Gasteiger partial charge in [-0.2, -0.15) is 0 Å². The standard InChI is InChI=1S/C18H18ClN5O5/c19-11-9-20-18(24-5-7-27-8-6-24)21-15(11)17(26)23-22-16(25)14-10-28-12-3-1-2-4-13(12)29-14/h1-4,9,14H,5-8,10H2,(H,22,25)(H,23,26).